The topological polar surface area (TPSA) is 75.6 Å². The smallest absolute Gasteiger partial charge is 0.225 e. The standard InChI is InChI=1S/C20H31ClN4O3S/c1-2-29(26,27)25-9-5-18(14-25)28-10-6-16-11-19(16)15-3-7-24(8-4-15)20-22-12-17(21)13-23-20/h12-13,15-16,18-19H,2-11,14H2,1H3/t16-,18-,19-/m1/s1. The lowest BCUT2D eigenvalue weighted by Crippen LogP contribution is -2.35. The van der Waals surface area contributed by atoms with Crippen LogP contribution in [0.15, 0.2) is 12.4 Å². The Kier molecular flexibility index (Phi) is 6.63. The Morgan fingerprint density at radius 1 is 1.17 bits per heavy atom. The lowest BCUT2D eigenvalue weighted by molar-refractivity contribution is 0.0582. The SMILES string of the molecule is CCS(=O)(=O)N1CC[C@@H](OCC[C@@H]2C[C@@H]2C2CCN(c3ncc(Cl)cn3)CC2)C1. The van der Waals surface area contributed by atoms with Gasteiger partial charge in [0.15, 0.2) is 0 Å². The van der Waals surface area contributed by atoms with Gasteiger partial charge in [-0.3, -0.25) is 0 Å². The zero-order valence-electron chi connectivity index (χ0n) is 17.0. The van der Waals surface area contributed by atoms with E-state index in [0.29, 0.717) is 18.1 Å². The van der Waals surface area contributed by atoms with Crippen LogP contribution in [-0.4, -0.2) is 67.3 Å². The van der Waals surface area contributed by atoms with Crippen molar-refractivity contribution in [2.45, 2.75) is 45.1 Å². The molecule has 162 valence electrons. The summed E-state index contributed by atoms with van der Waals surface area (Å²) in [4.78, 5) is 10.9. The fourth-order valence-electron chi connectivity index (χ4n) is 4.83. The van der Waals surface area contributed by atoms with Gasteiger partial charge in [-0.15, -0.1) is 0 Å². The Hall–Kier alpha value is -0.960. The highest BCUT2D eigenvalue weighted by atomic mass is 35.5. The molecule has 0 spiro atoms. The highest BCUT2D eigenvalue weighted by molar-refractivity contribution is 7.89. The van der Waals surface area contributed by atoms with Crippen molar-refractivity contribution in [3.63, 3.8) is 0 Å². The summed E-state index contributed by atoms with van der Waals surface area (Å²) < 4.78 is 31.5. The largest absolute Gasteiger partial charge is 0.377 e. The summed E-state index contributed by atoms with van der Waals surface area (Å²) in [6.45, 7) is 5.59. The van der Waals surface area contributed by atoms with Crippen LogP contribution >= 0.6 is 11.6 Å². The Labute approximate surface area is 178 Å². The van der Waals surface area contributed by atoms with Crippen LogP contribution in [-0.2, 0) is 14.8 Å². The minimum absolute atomic E-state index is 0.0659. The van der Waals surface area contributed by atoms with E-state index in [2.05, 4.69) is 14.9 Å². The molecule has 1 aromatic heterocycles. The molecule has 29 heavy (non-hydrogen) atoms. The number of hydrogen-bond donors (Lipinski definition) is 0. The summed E-state index contributed by atoms with van der Waals surface area (Å²) >= 11 is 5.87. The van der Waals surface area contributed by atoms with Crippen LogP contribution in [0.4, 0.5) is 5.95 Å². The average Bonchev–Trinajstić information content (AvgIpc) is 3.34. The van der Waals surface area contributed by atoms with Crippen LogP contribution < -0.4 is 4.90 Å². The predicted octanol–water partition coefficient (Wildman–Crippen LogP) is 2.81. The Balaban J connectivity index is 1.13. The molecule has 7 nitrogen and oxygen atoms in total. The van der Waals surface area contributed by atoms with E-state index >= 15 is 0 Å². The number of halogens is 1. The molecule has 3 fully saturated rings. The number of anilines is 1. The maximum atomic E-state index is 11.9. The summed E-state index contributed by atoms with van der Waals surface area (Å²) in [6, 6.07) is 0. The molecular weight excluding hydrogens is 412 g/mol. The summed E-state index contributed by atoms with van der Waals surface area (Å²) in [5, 5.41) is 0.573. The normalized spacial score (nSPS) is 28.8. The van der Waals surface area contributed by atoms with Crippen molar-refractivity contribution in [2.24, 2.45) is 17.8 Å². The zero-order valence-corrected chi connectivity index (χ0v) is 18.6. The number of rotatable bonds is 8. The fourth-order valence-corrected chi connectivity index (χ4v) is 6.07. The molecule has 0 amide bonds. The van der Waals surface area contributed by atoms with Crippen LogP contribution in [0.25, 0.3) is 0 Å². The van der Waals surface area contributed by atoms with E-state index in [9.17, 15) is 8.42 Å². The van der Waals surface area contributed by atoms with E-state index in [1.807, 2.05) is 0 Å². The second-order valence-corrected chi connectivity index (χ2v) is 11.2. The van der Waals surface area contributed by atoms with Gasteiger partial charge in [-0.05, 0) is 56.8 Å². The zero-order chi connectivity index (χ0) is 20.4. The molecule has 2 aliphatic heterocycles. The summed E-state index contributed by atoms with van der Waals surface area (Å²) in [6.07, 6.45) is 9.01. The van der Waals surface area contributed by atoms with Gasteiger partial charge in [0, 0.05) is 32.8 Å². The maximum Gasteiger partial charge on any atom is 0.225 e. The number of aromatic nitrogens is 2. The van der Waals surface area contributed by atoms with Gasteiger partial charge in [-0.25, -0.2) is 18.4 Å². The third-order valence-corrected chi connectivity index (χ3v) is 8.76. The Morgan fingerprint density at radius 2 is 1.90 bits per heavy atom. The van der Waals surface area contributed by atoms with Crippen LogP contribution in [0.5, 0.6) is 0 Å². The number of hydrogen-bond acceptors (Lipinski definition) is 6. The second-order valence-electron chi connectivity index (χ2n) is 8.51. The number of piperidine rings is 1. The molecule has 1 aromatic rings. The number of nitrogens with zero attached hydrogens (tertiary/aromatic N) is 4. The van der Waals surface area contributed by atoms with E-state index in [-0.39, 0.29) is 11.9 Å². The van der Waals surface area contributed by atoms with Crippen LogP contribution in [0.1, 0.15) is 39.0 Å². The van der Waals surface area contributed by atoms with Gasteiger partial charge >= 0.3 is 0 Å². The molecule has 3 aliphatic rings. The minimum Gasteiger partial charge on any atom is -0.377 e. The summed E-state index contributed by atoms with van der Waals surface area (Å²) in [5.74, 6) is 3.35. The molecule has 1 aliphatic carbocycles. The van der Waals surface area contributed by atoms with Crippen LogP contribution in [0.3, 0.4) is 0 Å². The molecule has 0 aromatic carbocycles. The molecule has 1 saturated carbocycles. The molecular formula is C20H31ClN4O3S. The van der Waals surface area contributed by atoms with Crippen molar-refractivity contribution in [1.82, 2.24) is 14.3 Å². The minimum atomic E-state index is -3.08. The molecule has 0 unspecified atom stereocenters. The molecule has 0 radical (unpaired) electrons. The number of ether oxygens (including phenoxy) is 1. The third kappa shape index (κ3) is 5.21. The maximum absolute atomic E-state index is 11.9. The summed E-state index contributed by atoms with van der Waals surface area (Å²) in [7, 11) is -3.08. The predicted molar refractivity (Wildman–Crippen MR) is 114 cm³/mol. The molecule has 0 N–H and O–H groups in total. The van der Waals surface area contributed by atoms with Crippen molar-refractivity contribution < 1.29 is 13.2 Å². The van der Waals surface area contributed by atoms with Crippen molar-refractivity contribution in [1.29, 1.82) is 0 Å². The van der Waals surface area contributed by atoms with Crippen molar-refractivity contribution in [2.75, 3.05) is 43.4 Å². The molecule has 3 atom stereocenters. The highest BCUT2D eigenvalue weighted by Crippen LogP contribution is 2.49. The first kappa shape index (κ1) is 21.3. The first-order valence-corrected chi connectivity index (χ1v) is 12.8. The van der Waals surface area contributed by atoms with Gasteiger partial charge in [0.25, 0.3) is 0 Å². The van der Waals surface area contributed by atoms with E-state index < -0.39 is 10.0 Å². The van der Waals surface area contributed by atoms with E-state index in [1.165, 1.54) is 19.3 Å². The molecule has 4 rings (SSSR count). The van der Waals surface area contributed by atoms with E-state index in [4.69, 9.17) is 16.3 Å². The third-order valence-electron chi connectivity index (χ3n) is 6.72. The lowest BCUT2D eigenvalue weighted by Gasteiger charge is -2.32. The van der Waals surface area contributed by atoms with Gasteiger partial charge in [-0.1, -0.05) is 11.6 Å². The first-order valence-electron chi connectivity index (χ1n) is 10.8. The van der Waals surface area contributed by atoms with Gasteiger partial charge in [0.05, 0.1) is 29.3 Å². The Morgan fingerprint density at radius 3 is 2.59 bits per heavy atom. The van der Waals surface area contributed by atoms with Crippen molar-refractivity contribution in [3.8, 4) is 0 Å². The quantitative estimate of drug-likeness (QED) is 0.616. The van der Waals surface area contributed by atoms with Crippen molar-refractivity contribution in [3.05, 3.63) is 17.4 Å². The van der Waals surface area contributed by atoms with Gasteiger partial charge in [0.2, 0.25) is 16.0 Å². The molecule has 3 heterocycles. The Bertz CT molecular complexity index is 783. The first-order chi connectivity index (χ1) is 14.0. The molecule has 2 saturated heterocycles. The average molecular weight is 443 g/mol. The second kappa shape index (κ2) is 9.04. The van der Waals surface area contributed by atoms with Gasteiger partial charge in [-0.2, -0.15) is 4.31 Å². The summed E-state index contributed by atoms with van der Waals surface area (Å²) in [5.41, 5.74) is 0. The highest BCUT2D eigenvalue weighted by Gasteiger charge is 2.43. The van der Waals surface area contributed by atoms with E-state index in [0.717, 1.165) is 56.2 Å². The monoisotopic (exact) mass is 442 g/mol. The lowest BCUT2D eigenvalue weighted by atomic mass is 9.90. The van der Waals surface area contributed by atoms with Crippen molar-refractivity contribution >= 4 is 27.6 Å². The van der Waals surface area contributed by atoms with Crippen LogP contribution in [0.2, 0.25) is 5.02 Å². The molecule has 9 heteroatoms. The van der Waals surface area contributed by atoms with Gasteiger partial charge in [0.1, 0.15) is 0 Å². The van der Waals surface area contributed by atoms with Crippen LogP contribution in [0, 0.1) is 17.8 Å². The molecule has 0 bridgehead atoms. The van der Waals surface area contributed by atoms with Gasteiger partial charge < -0.3 is 9.64 Å². The number of sulfonamides is 1. The fraction of sp³-hybridized carbons (Fsp3) is 0.800. The van der Waals surface area contributed by atoms with E-state index in [1.54, 1.807) is 23.6 Å².